The van der Waals surface area contributed by atoms with E-state index in [0.717, 1.165) is 38.9 Å². The van der Waals surface area contributed by atoms with Crippen LogP contribution in [0.5, 0.6) is 0 Å². The predicted molar refractivity (Wildman–Crippen MR) is 121 cm³/mol. The van der Waals surface area contributed by atoms with Crippen molar-refractivity contribution in [3.63, 3.8) is 0 Å². The van der Waals surface area contributed by atoms with Gasteiger partial charge in [0.2, 0.25) is 0 Å². The summed E-state index contributed by atoms with van der Waals surface area (Å²) in [6.07, 6.45) is 3.25. The maximum Gasteiger partial charge on any atom is 0.159 e. The summed E-state index contributed by atoms with van der Waals surface area (Å²) in [7, 11) is 0. The molecule has 5 rings (SSSR count). The third-order valence-electron chi connectivity index (χ3n) is 4.90. The van der Waals surface area contributed by atoms with Gasteiger partial charge in [-0.25, -0.2) is 9.97 Å². The van der Waals surface area contributed by atoms with Crippen LogP contribution in [-0.2, 0) is 0 Å². The van der Waals surface area contributed by atoms with E-state index in [2.05, 4.69) is 30.6 Å². The highest BCUT2D eigenvalue weighted by atomic mass is 15.1. The fourth-order valence-electron chi connectivity index (χ4n) is 3.41. The van der Waals surface area contributed by atoms with E-state index in [9.17, 15) is 0 Å². The maximum absolute atomic E-state index is 6.41. The third kappa shape index (κ3) is 3.22. The quantitative estimate of drug-likeness (QED) is 0.397. The first-order chi connectivity index (χ1) is 14.7. The number of nitrogens with zero attached hydrogens (tertiary/aromatic N) is 4. The van der Waals surface area contributed by atoms with Crippen molar-refractivity contribution in [3.8, 4) is 0 Å². The molecule has 0 aliphatic carbocycles. The van der Waals surface area contributed by atoms with Crippen molar-refractivity contribution >= 4 is 50.5 Å². The van der Waals surface area contributed by atoms with Crippen LogP contribution in [0.2, 0.25) is 0 Å². The number of nitrogen functional groups attached to an aromatic ring is 1. The summed E-state index contributed by atoms with van der Waals surface area (Å²) in [5.41, 5.74) is 11.2. The van der Waals surface area contributed by atoms with Gasteiger partial charge in [-0.15, -0.1) is 0 Å². The molecule has 4 N–H and O–H groups in total. The Bertz CT molecular complexity index is 1380. The molecule has 2 aromatic carbocycles. The number of anilines is 5. The summed E-state index contributed by atoms with van der Waals surface area (Å²) in [5, 5.41) is 8.66. The number of aromatic nitrogens is 4. The fourth-order valence-corrected chi connectivity index (χ4v) is 3.41. The molecule has 0 fully saturated rings. The van der Waals surface area contributed by atoms with E-state index < -0.39 is 0 Å². The van der Waals surface area contributed by atoms with E-state index >= 15 is 0 Å². The number of aryl methyl sites for hydroxylation is 1. The van der Waals surface area contributed by atoms with E-state index in [1.165, 1.54) is 6.33 Å². The highest BCUT2D eigenvalue weighted by Crippen LogP contribution is 2.32. The minimum atomic E-state index is 0.419. The van der Waals surface area contributed by atoms with Gasteiger partial charge in [-0.05, 0) is 43.3 Å². The van der Waals surface area contributed by atoms with Crippen LogP contribution in [0.4, 0.5) is 28.7 Å². The fraction of sp³-hybridized carbons (Fsp3) is 0.0435. The molecule has 7 heteroatoms. The van der Waals surface area contributed by atoms with E-state index in [0.29, 0.717) is 17.3 Å². The summed E-state index contributed by atoms with van der Waals surface area (Å²) in [6.45, 7) is 1.97. The monoisotopic (exact) mass is 393 g/mol. The second kappa shape index (κ2) is 7.29. The number of nitrogens with one attached hydrogen (secondary N) is 2. The first kappa shape index (κ1) is 17.8. The molecule has 5 aromatic rings. The van der Waals surface area contributed by atoms with E-state index in [1.54, 1.807) is 6.20 Å². The zero-order valence-corrected chi connectivity index (χ0v) is 16.3. The Morgan fingerprint density at radius 3 is 2.40 bits per heavy atom. The van der Waals surface area contributed by atoms with Crippen molar-refractivity contribution < 1.29 is 0 Å². The van der Waals surface area contributed by atoms with Crippen molar-refractivity contribution in [1.82, 2.24) is 19.9 Å². The topological polar surface area (TPSA) is 102 Å². The Morgan fingerprint density at radius 2 is 1.53 bits per heavy atom. The average Bonchev–Trinajstić information content (AvgIpc) is 2.77. The van der Waals surface area contributed by atoms with Gasteiger partial charge < -0.3 is 16.4 Å². The number of hydrogen-bond donors (Lipinski definition) is 3. The number of pyridine rings is 2. The third-order valence-corrected chi connectivity index (χ3v) is 4.90. The molecule has 7 nitrogen and oxygen atoms in total. The Hall–Kier alpha value is -4.26. The van der Waals surface area contributed by atoms with Crippen LogP contribution in [-0.4, -0.2) is 19.9 Å². The lowest BCUT2D eigenvalue weighted by molar-refractivity contribution is 1.17. The molecule has 0 unspecified atom stereocenters. The molecule has 0 bridgehead atoms. The number of para-hydroxylation sites is 1. The van der Waals surface area contributed by atoms with Crippen molar-refractivity contribution in [2.75, 3.05) is 16.4 Å². The van der Waals surface area contributed by atoms with Crippen LogP contribution in [0.1, 0.15) is 5.69 Å². The van der Waals surface area contributed by atoms with Crippen molar-refractivity contribution in [1.29, 1.82) is 0 Å². The summed E-state index contributed by atoms with van der Waals surface area (Å²) >= 11 is 0. The second-order valence-corrected chi connectivity index (χ2v) is 6.94. The minimum Gasteiger partial charge on any atom is -0.393 e. The van der Waals surface area contributed by atoms with Crippen LogP contribution in [0.3, 0.4) is 0 Å². The van der Waals surface area contributed by atoms with Gasteiger partial charge in [-0.2, -0.15) is 0 Å². The Morgan fingerprint density at radius 1 is 0.767 bits per heavy atom. The van der Waals surface area contributed by atoms with Gasteiger partial charge in [-0.3, -0.25) is 9.97 Å². The highest BCUT2D eigenvalue weighted by molar-refractivity contribution is 5.96. The van der Waals surface area contributed by atoms with Crippen LogP contribution in [0.25, 0.3) is 21.8 Å². The van der Waals surface area contributed by atoms with Crippen molar-refractivity contribution in [2.24, 2.45) is 0 Å². The lowest BCUT2D eigenvalue weighted by atomic mass is 10.1. The summed E-state index contributed by atoms with van der Waals surface area (Å²) in [6, 6.07) is 19.8. The first-order valence-electron chi connectivity index (χ1n) is 9.54. The molecule has 146 valence electrons. The smallest absolute Gasteiger partial charge is 0.159 e. The minimum absolute atomic E-state index is 0.419. The van der Waals surface area contributed by atoms with E-state index in [4.69, 9.17) is 5.73 Å². The zero-order valence-electron chi connectivity index (χ0n) is 16.3. The molecule has 0 spiro atoms. The molecule has 3 heterocycles. The Kier molecular flexibility index (Phi) is 4.33. The molecule has 0 saturated carbocycles. The standard InChI is InChI=1S/C23H19N7/c1-14-10-11-15-5-2-9-19(21(15)28-14)30-23-20(24)22(26-13-27-23)29-18-8-3-7-17-16(18)6-4-12-25-17/h2-13H,24H2,1H3,(H2,26,27,29,30). The average molecular weight is 393 g/mol. The first-order valence-corrected chi connectivity index (χ1v) is 9.54. The number of benzene rings is 2. The molecule has 0 atom stereocenters. The van der Waals surface area contributed by atoms with E-state index in [1.807, 2.05) is 67.6 Å². The van der Waals surface area contributed by atoms with Gasteiger partial charge in [-0.1, -0.05) is 24.3 Å². The largest absolute Gasteiger partial charge is 0.393 e. The Labute approximate surface area is 173 Å². The molecular formula is C23H19N7. The SMILES string of the molecule is Cc1ccc2cccc(Nc3ncnc(Nc4cccc5ncccc45)c3N)c2n1. The van der Waals surface area contributed by atoms with Gasteiger partial charge in [0.15, 0.2) is 11.6 Å². The maximum atomic E-state index is 6.41. The van der Waals surface area contributed by atoms with Crippen LogP contribution in [0.15, 0.2) is 73.2 Å². The predicted octanol–water partition coefficient (Wildman–Crippen LogP) is 4.95. The van der Waals surface area contributed by atoms with Gasteiger partial charge in [0.05, 0.1) is 16.7 Å². The molecule has 0 saturated heterocycles. The molecule has 0 amide bonds. The number of hydrogen-bond acceptors (Lipinski definition) is 7. The summed E-state index contributed by atoms with van der Waals surface area (Å²) < 4.78 is 0. The molecule has 0 radical (unpaired) electrons. The van der Waals surface area contributed by atoms with Gasteiger partial charge >= 0.3 is 0 Å². The number of fused-ring (bicyclic) bond motifs is 2. The molecular weight excluding hydrogens is 374 g/mol. The highest BCUT2D eigenvalue weighted by Gasteiger charge is 2.12. The van der Waals surface area contributed by atoms with E-state index in [-0.39, 0.29) is 0 Å². The number of nitrogens with two attached hydrogens (primary N) is 1. The van der Waals surface area contributed by atoms with Gasteiger partial charge in [0, 0.05) is 28.4 Å². The van der Waals surface area contributed by atoms with Crippen LogP contribution >= 0.6 is 0 Å². The van der Waals surface area contributed by atoms with Crippen LogP contribution in [0, 0.1) is 6.92 Å². The molecule has 3 aromatic heterocycles. The zero-order chi connectivity index (χ0) is 20.5. The van der Waals surface area contributed by atoms with Gasteiger partial charge in [0.25, 0.3) is 0 Å². The second-order valence-electron chi connectivity index (χ2n) is 6.94. The van der Waals surface area contributed by atoms with Crippen LogP contribution < -0.4 is 16.4 Å². The normalized spacial score (nSPS) is 11.0. The molecule has 30 heavy (non-hydrogen) atoms. The van der Waals surface area contributed by atoms with Gasteiger partial charge in [0.1, 0.15) is 12.0 Å². The Balaban J connectivity index is 1.52. The number of rotatable bonds is 4. The lowest BCUT2D eigenvalue weighted by Gasteiger charge is -2.14. The lowest BCUT2D eigenvalue weighted by Crippen LogP contribution is -2.06. The summed E-state index contributed by atoms with van der Waals surface area (Å²) in [5.74, 6) is 1.04. The van der Waals surface area contributed by atoms with Crippen molar-refractivity contribution in [3.05, 3.63) is 78.9 Å². The summed E-state index contributed by atoms with van der Waals surface area (Å²) in [4.78, 5) is 17.7. The molecule has 0 aliphatic rings. The van der Waals surface area contributed by atoms with Crippen molar-refractivity contribution in [2.45, 2.75) is 6.92 Å². The molecule has 0 aliphatic heterocycles.